The van der Waals surface area contributed by atoms with E-state index in [1.807, 2.05) is 18.4 Å². The van der Waals surface area contributed by atoms with E-state index in [9.17, 15) is 22.8 Å². The second kappa shape index (κ2) is 7.18. The SMILES string of the molecule is Cc1cc(-c2ncccc2NC(=O)N2C[C@@H](C(F)(F)F)[C@H](C(=O)O)C2)cs1. The van der Waals surface area contributed by atoms with Crippen molar-refractivity contribution in [1.82, 2.24) is 9.88 Å². The first kappa shape index (κ1) is 19.2. The van der Waals surface area contributed by atoms with Gasteiger partial charge in [0, 0.05) is 35.1 Å². The van der Waals surface area contributed by atoms with E-state index in [1.165, 1.54) is 11.3 Å². The van der Waals surface area contributed by atoms with Crippen LogP contribution in [-0.2, 0) is 4.79 Å². The molecule has 3 heterocycles. The van der Waals surface area contributed by atoms with Crippen molar-refractivity contribution in [3.8, 4) is 11.3 Å². The molecule has 1 aliphatic rings. The minimum atomic E-state index is -4.69. The molecule has 0 bridgehead atoms. The van der Waals surface area contributed by atoms with E-state index in [2.05, 4.69) is 10.3 Å². The number of likely N-dealkylation sites (tertiary alicyclic amines) is 1. The second-order valence-corrected chi connectivity index (χ2v) is 7.39. The van der Waals surface area contributed by atoms with Crippen molar-refractivity contribution in [3.63, 3.8) is 0 Å². The molecule has 0 aromatic carbocycles. The predicted molar refractivity (Wildman–Crippen MR) is 93.5 cm³/mol. The van der Waals surface area contributed by atoms with Crippen LogP contribution in [0.25, 0.3) is 11.3 Å². The molecule has 2 amide bonds. The summed E-state index contributed by atoms with van der Waals surface area (Å²) >= 11 is 1.51. The van der Waals surface area contributed by atoms with Crippen molar-refractivity contribution in [2.45, 2.75) is 13.1 Å². The van der Waals surface area contributed by atoms with Gasteiger partial charge in [0.15, 0.2) is 0 Å². The van der Waals surface area contributed by atoms with Crippen LogP contribution in [0.15, 0.2) is 29.8 Å². The molecule has 27 heavy (non-hydrogen) atoms. The zero-order valence-corrected chi connectivity index (χ0v) is 15.0. The summed E-state index contributed by atoms with van der Waals surface area (Å²) in [7, 11) is 0. The number of pyridine rings is 1. The van der Waals surface area contributed by atoms with Crippen LogP contribution in [0.5, 0.6) is 0 Å². The monoisotopic (exact) mass is 399 g/mol. The number of carbonyl (C=O) groups is 2. The number of carbonyl (C=O) groups excluding carboxylic acids is 1. The van der Waals surface area contributed by atoms with Crippen LogP contribution in [0, 0.1) is 18.8 Å². The number of aromatic nitrogens is 1. The first-order chi connectivity index (χ1) is 12.7. The molecule has 1 saturated heterocycles. The Kier molecular flexibility index (Phi) is 5.09. The molecule has 2 N–H and O–H groups in total. The molecular formula is C17H16F3N3O3S. The molecule has 2 atom stereocenters. The third-order valence-electron chi connectivity index (χ3n) is 4.40. The van der Waals surface area contributed by atoms with E-state index in [0.29, 0.717) is 11.4 Å². The smallest absolute Gasteiger partial charge is 0.394 e. The molecule has 0 radical (unpaired) electrons. The molecule has 1 aliphatic heterocycles. The Morgan fingerprint density at radius 1 is 1.37 bits per heavy atom. The van der Waals surface area contributed by atoms with Gasteiger partial charge in [-0.3, -0.25) is 9.78 Å². The summed E-state index contributed by atoms with van der Waals surface area (Å²) < 4.78 is 39.3. The lowest BCUT2D eigenvalue weighted by Gasteiger charge is -2.19. The van der Waals surface area contributed by atoms with E-state index < -0.39 is 43.1 Å². The van der Waals surface area contributed by atoms with Crippen LogP contribution in [-0.4, -0.2) is 46.3 Å². The Morgan fingerprint density at radius 3 is 2.67 bits per heavy atom. The molecule has 144 valence electrons. The zero-order chi connectivity index (χ0) is 19.8. The summed E-state index contributed by atoms with van der Waals surface area (Å²) in [5.74, 6) is -5.33. The molecule has 10 heteroatoms. The third-order valence-corrected chi connectivity index (χ3v) is 5.26. The predicted octanol–water partition coefficient (Wildman–Crippen LogP) is 3.85. The number of hydrogen-bond acceptors (Lipinski definition) is 4. The number of aryl methyl sites for hydroxylation is 1. The van der Waals surface area contributed by atoms with Gasteiger partial charge in [0.2, 0.25) is 0 Å². The summed E-state index contributed by atoms with van der Waals surface area (Å²) in [4.78, 5) is 29.8. The fraction of sp³-hybridized carbons (Fsp3) is 0.353. The van der Waals surface area contributed by atoms with Gasteiger partial charge in [-0.1, -0.05) is 0 Å². The maximum atomic E-state index is 13.1. The highest BCUT2D eigenvalue weighted by Gasteiger charge is 2.53. The Bertz CT molecular complexity index is 868. The maximum absolute atomic E-state index is 13.1. The number of halogens is 3. The molecule has 0 unspecified atom stereocenters. The van der Waals surface area contributed by atoms with Gasteiger partial charge in [0.05, 0.1) is 23.2 Å². The molecule has 0 saturated carbocycles. The van der Waals surface area contributed by atoms with Crippen molar-refractivity contribution < 1.29 is 27.9 Å². The highest BCUT2D eigenvalue weighted by molar-refractivity contribution is 7.10. The lowest BCUT2D eigenvalue weighted by Crippen LogP contribution is -2.35. The van der Waals surface area contributed by atoms with Gasteiger partial charge in [0.25, 0.3) is 0 Å². The standard InChI is InChI=1S/C17H16F3N3O3S/c1-9-5-10(8-27-9)14-13(3-2-4-21-14)22-16(26)23-6-11(15(24)25)12(7-23)17(18,19)20/h2-5,8,11-12H,6-7H2,1H3,(H,22,26)(H,24,25)/t11-,12-/m1/s1. The largest absolute Gasteiger partial charge is 0.481 e. The molecule has 3 rings (SSSR count). The van der Waals surface area contributed by atoms with Gasteiger partial charge in [-0.05, 0) is 25.1 Å². The maximum Gasteiger partial charge on any atom is 0.394 e. The topological polar surface area (TPSA) is 82.5 Å². The molecule has 0 spiro atoms. The van der Waals surface area contributed by atoms with Crippen molar-refractivity contribution in [2.24, 2.45) is 11.8 Å². The van der Waals surface area contributed by atoms with Crippen molar-refractivity contribution in [3.05, 3.63) is 34.7 Å². The first-order valence-corrected chi connectivity index (χ1v) is 8.90. The van der Waals surface area contributed by atoms with Crippen LogP contribution in [0.4, 0.5) is 23.7 Å². The minimum absolute atomic E-state index is 0.350. The molecule has 2 aromatic rings. The second-order valence-electron chi connectivity index (χ2n) is 6.27. The highest BCUT2D eigenvalue weighted by Crippen LogP contribution is 2.38. The van der Waals surface area contributed by atoms with E-state index in [0.717, 1.165) is 15.3 Å². The number of hydrogen-bond donors (Lipinski definition) is 2. The Hall–Kier alpha value is -2.62. The number of carboxylic acid groups (broad SMARTS) is 1. The molecule has 6 nitrogen and oxygen atoms in total. The number of aliphatic carboxylic acids is 1. The molecule has 0 aliphatic carbocycles. The average molecular weight is 399 g/mol. The first-order valence-electron chi connectivity index (χ1n) is 8.03. The van der Waals surface area contributed by atoms with Gasteiger partial charge < -0.3 is 15.3 Å². The third kappa shape index (κ3) is 4.05. The molecule has 1 fully saturated rings. The quantitative estimate of drug-likeness (QED) is 0.822. The van der Waals surface area contributed by atoms with Gasteiger partial charge in [-0.25, -0.2) is 4.79 Å². The van der Waals surface area contributed by atoms with Crippen LogP contribution in [0.2, 0.25) is 0 Å². The van der Waals surface area contributed by atoms with Gasteiger partial charge >= 0.3 is 18.2 Å². The van der Waals surface area contributed by atoms with Gasteiger partial charge in [-0.15, -0.1) is 11.3 Å². The number of rotatable bonds is 3. The normalized spacial score (nSPS) is 19.9. The number of nitrogens with one attached hydrogen (secondary N) is 1. The van der Waals surface area contributed by atoms with Crippen LogP contribution >= 0.6 is 11.3 Å². The number of thiophene rings is 1. The average Bonchev–Trinajstić information content (AvgIpc) is 3.21. The number of alkyl halides is 3. The van der Waals surface area contributed by atoms with Crippen LogP contribution in [0.3, 0.4) is 0 Å². The molecule has 2 aromatic heterocycles. The van der Waals surface area contributed by atoms with Gasteiger partial charge in [-0.2, -0.15) is 13.2 Å². The summed E-state index contributed by atoms with van der Waals surface area (Å²) in [5.41, 5.74) is 1.63. The number of nitrogens with zero attached hydrogens (tertiary/aromatic N) is 2. The summed E-state index contributed by atoms with van der Waals surface area (Å²) in [6, 6.07) is 4.30. The molecular weight excluding hydrogens is 383 g/mol. The van der Waals surface area contributed by atoms with Gasteiger partial charge in [0.1, 0.15) is 0 Å². The Morgan fingerprint density at radius 2 is 2.11 bits per heavy atom. The van der Waals surface area contributed by atoms with Crippen molar-refractivity contribution in [1.29, 1.82) is 0 Å². The number of urea groups is 1. The summed E-state index contributed by atoms with van der Waals surface area (Å²) in [6.45, 7) is 0.723. The number of carboxylic acids is 1. The lowest BCUT2D eigenvalue weighted by atomic mass is 9.96. The number of anilines is 1. The Labute approximate surface area is 156 Å². The lowest BCUT2D eigenvalue weighted by molar-refractivity contribution is -0.187. The van der Waals surface area contributed by atoms with Crippen molar-refractivity contribution >= 4 is 29.0 Å². The van der Waals surface area contributed by atoms with Crippen LogP contribution in [0.1, 0.15) is 4.88 Å². The van der Waals surface area contributed by atoms with E-state index >= 15 is 0 Å². The van der Waals surface area contributed by atoms with E-state index in [-0.39, 0.29) is 0 Å². The van der Waals surface area contributed by atoms with E-state index in [4.69, 9.17) is 5.11 Å². The zero-order valence-electron chi connectivity index (χ0n) is 14.2. The van der Waals surface area contributed by atoms with Crippen molar-refractivity contribution in [2.75, 3.05) is 18.4 Å². The fourth-order valence-corrected chi connectivity index (χ4v) is 3.74. The number of amides is 2. The highest BCUT2D eigenvalue weighted by atomic mass is 32.1. The Balaban J connectivity index is 1.80. The minimum Gasteiger partial charge on any atom is -0.481 e. The summed E-state index contributed by atoms with van der Waals surface area (Å²) in [5, 5.41) is 13.5. The fourth-order valence-electron chi connectivity index (χ4n) is 3.05. The van der Waals surface area contributed by atoms with Crippen LogP contribution < -0.4 is 5.32 Å². The van der Waals surface area contributed by atoms with E-state index in [1.54, 1.807) is 18.3 Å². The summed E-state index contributed by atoms with van der Waals surface area (Å²) in [6.07, 6.45) is -3.14.